The molecule has 0 bridgehead atoms. The average Bonchev–Trinajstić information content (AvgIpc) is 2.41. The van der Waals surface area contributed by atoms with Gasteiger partial charge in [-0.25, -0.2) is 4.98 Å². The van der Waals surface area contributed by atoms with Crippen LogP contribution in [0.25, 0.3) is 0 Å². The summed E-state index contributed by atoms with van der Waals surface area (Å²) in [5.74, 6) is 0.805. The summed E-state index contributed by atoms with van der Waals surface area (Å²) < 4.78 is 0. The van der Waals surface area contributed by atoms with E-state index in [-0.39, 0.29) is 11.3 Å². The fourth-order valence-corrected chi connectivity index (χ4v) is 2.89. The second-order valence-electron chi connectivity index (χ2n) is 5.31. The number of fused-ring (bicyclic) bond motifs is 1. The van der Waals surface area contributed by atoms with E-state index in [0.717, 1.165) is 23.4 Å². The minimum absolute atomic E-state index is 0.0279. The summed E-state index contributed by atoms with van der Waals surface area (Å²) in [7, 11) is 0. The second kappa shape index (κ2) is 5.50. The Morgan fingerprint density at radius 1 is 1.48 bits per heavy atom. The fraction of sp³-hybridized carbons (Fsp3) is 0.333. The van der Waals surface area contributed by atoms with Gasteiger partial charge >= 0.3 is 0 Å². The third-order valence-electron chi connectivity index (χ3n) is 3.70. The number of aryl methyl sites for hydroxylation is 1. The highest BCUT2D eigenvalue weighted by molar-refractivity contribution is 6.31. The molecule has 2 N–H and O–H groups in total. The molecule has 1 aromatic carbocycles. The van der Waals surface area contributed by atoms with Gasteiger partial charge in [-0.1, -0.05) is 17.7 Å². The van der Waals surface area contributed by atoms with Crippen molar-refractivity contribution in [3.8, 4) is 5.75 Å². The molecule has 0 atom stereocenters. The minimum Gasteiger partial charge on any atom is -0.508 e. The number of aromatic amines is 1. The molecule has 1 aliphatic heterocycles. The third kappa shape index (κ3) is 2.94. The molecule has 0 aliphatic carbocycles. The van der Waals surface area contributed by atoms with Gasteiger partial charge in [-0.3, -0.25) is 9.69 Å². The molecule has 1 aromatic heterocycles. The first-order chi connectivity index (χ1) is 10.0. The Hall–Kier alpha value is -1.85. The molecular formula is C15H16ClN3O2. The number of hydrogen-bond donors (Lipinski definition) is 2. The SMILES string of the molecule is Cc1nc2c(c(=O)[nH]1)CCN(Cc1ccc(O)cc1Cl)C2. The lowest BCUT2D eigenvalue weighted by molar-refractivity contribution is 0.240. The number of nitrogens with one attached hydrogen (secondary N) is 1. The van der Waals surface area contributed by atoms with E-state index < -0.39 is 0 Å². The van der Waals surface area contributed by atoms with Crippen molar-refractivity contribution in [1.29, 1.82) is 0 Å². The lowest BCUT2D eigenvalue weighted by atomic mass is 10.1. The summed E-state index contributed by atoms with van der Waals surface area (Å²) in [5.41, 5.74) is 2.56. The zero-order chi connectivity index (χ0) is 15.0. The van der Waals surface area contributed by atoms with Crippen LogP contribution in [0, 0.1) is 6.92 Å². The first-order valence-electron chi connectivity index (χ1n) is 6.81. The van der Waals surface area contributed by atoms with E-state index in [1.165, 1.54) is 0 Å². The van der Waals surface area contributed by atoms with E-state index in [0.29, 0.717) is 30.4 Å². The molecule has 0 unspecified atom stereocenters. The Bertz CT molecular complexity index is 742. The number of halogens is 1. The van der Waals surface area contributed by atoms with Crippen LogP contribution in [-0.4, -0.2) is 26.5 Å². The van der Waals surface area contributed by atoms with Gasteiger partial charge in [0.25, 0.3) is 5.56 Å². The molecule has 110 valence electrons. The lowest BCUT2D eigenvalue weighted by Gasteiger charge is -2.27. The zero-order valence-corrected chi connectivity index (χ0v) is 12.4. The second-order valence-corrected chi connectivity index (χ2v) is 5.72. The molecule has 0 amide bonds. The number of hydrogen-bond acceptors (Lipinski definition) is 4. The monoisotopic (exact) mass is 305 g/mol. The zero-order valence-electron chi connectivity index (χ0n) is 11.7. The average molecular weight is 306 g/mol. The standard InChI is InChI=1S/C15H16ClN3O2/c1-9-17-14-8-19(5-4-12(14)15(21)18-9)7-10-2-3-11(20)6-13(10)16/h2-3,6,20H,4-5,7-8H2,1H3,(H,17,18,21). The van der Waals surface area contributed by atoms with Crippen molar-refractivity contribution >= 4 is 11.6 Å². The third-order valence-corrected chi connectivity index (χ3v) is 4.05. The summed E-state index contributed by atoms with van der Waals surface area (Å²) in [5, 5.41) is 9.94. The molecule has 6 heteroatoms. The summed E-state index contributed by atoms with van der Waals surface area (Å²) >= 11 is 6.14. The van der Waals surface area contributed by atoms with Gasteiger partial charge in [0.05, 0.1) is 5.69 Å². The van der Waals surface area contributed by atoms with E-state index in [1.54, 1.807) is 19.1 Å². The van der Waals surface area contributed by atoms with Crippen LogP contribution in [0.3, 0.4) is 0 Å². The van der Waals surface area contributed by atoms with E-state index in [4.69, 9.17) is 11.6 Å². The van der Waals surface area contributed by atoms with Gasteiger partial charge in [-0.05, 0) is 31.0 Å². The van der Waals surface area contributed by atoms with Crippen LogP contribution in [-0.2, 0) is 19.5 Å². The quantitative estimate of drug-likeness (QED) is 0.890. The maximum absolute atomic E-state index is 11.9. The highest BCUT2D eigenvalue weighted by Gasteiger charge is 2.21. The molecule has 0 saturated heterocycles. The fourth-order valence-electron chi connectivity index (χ4n) is 2.66. The summed E-state index contributed by atoms with van der Waals surface area (Å²) in [6, 6.07) is 5.00. The Labute approximate surface area is 127 Å². The molecule has 0 saturated carbocycles. The molecule has 1 aliphatic rings. The van der Waals surface area contributed by atoms with Gasteiger partial charge in [0.15, 0.2) is 0 Å². The predicted octanol–water partition coefficient (Wildman–Crippen LogP) is 2.00. The molecule has 0 radical (unpaired) electrons. The van der Waals surface area contributed by atoms with Crippen molar-refractivity contribution in [2.75, 3.05) is 6.54 Å². The number of phenolic OH excluding ortho intramolecular Hbond substituents is 1. The Kier molecular flexibility index (Phi) is 3.69. The number of phenols is 1. The molecule has 3 rings (SSSR count). The minimum atomic E-state index is -0.0279. The van der Waals surface area contributed by atoms with Crippen molar-refractivity contribution in [2.45, 2.75) is 26.4 Å². The Morgan fingerprint density at radius 3 is 3.05 bits per heavy atom. The van der Waals surface area contributed by atoms with Gasteiger partial charge in [0.2, 0.25) is 0 Å². The van der Waals surface area contributed by atoms with Crippen LogP contribution in [0.5, 0.6) is 5.75 Å². The van der Waals surface area contributed by atoms with Crippen molar-refractivity contribution in [1.82, 2.24) is 14.9 Å². The van der Waals surface area contributed by atoms with E-state index in [2.05, 4.69) is 14.9 Å². The van der Waals surface area contributed by atoms with Crippen LogP contribution in [0.15, 0.2) is 23.0 Å². The lowest BCUT2D eigenvalue weighted by Crippen LogP contribution is -2.35. The van der Waals surface area contributed by atoms with E-state index in [9.17, 15) is 9.90 Å². The van der Waals surface area contributed by atoms with Crippen molar-refractivity contribution < 1.29 is 5.11 Å². The highest BCUT2D eigenvalue weighted by Crippen LogP contribution is 2.24. The predicted molar refractivity (Wildman–Crippen MR) is 80.5 cm³/mol. The van der Waals surface area contributed by atoms with Crippen molar-refractivity contribution in [3.05, 3.63) is 56.2 Å². The van der Waals surface area contributed by atoms with Gasteiger partial charge in [0.1, 0.15) is 11.6 Å². The van der Waals surface area contributed by atoms with E-state index in [1.807, 2.05) is 6.07 Å². The number of benzene rings is 1. The molecule has 0 fully saturated rings. The summed E-state index contributed by atoms with van der Waals surface area (Å²) in [4.78, 5) is 21.3. The summed E-state index contributed by atoms with van der Waals surface area (Å²) in [6.07, 6.45) is 0.688. The molecular weight excluding hydrogens is 290 g/mol. The smallest absolute Gasteiger partial charge is 0.254 e. The van der Waals surface area contributed by atoms with Gasteiger partial charge in [-0.15, -0.1) is 0 Å². The number of H-pyrrole nitrogens is 1. The van der Waals surface area contributed by atoms with Crippen LogP contribution in [0.4, 0.5) is 0 Å². The maximum atomic E-state index is 11.9. The van der Waals surface area contributed by atoms with Gasteiger partial charge < -0.3 is 10.1 Å². The van der Waals surface area contributed by atoms with E-state index >= 15 is 0 Å². The number of aromatic nitrogens is 2. The van der Waals surface area contributed by atoms with Crippen LogP contribution in [0.1, 0.15) is 22.6 Å². The highest BCUT2D eigenvalue weighted by atomic mass is 35.5. The van der Waals surface area contributed by atoms with Gasteiger partial charge in [0, 0.05) is 30.2 Å². The van der Waals surface area contributed by atoms with Crippen LogP contribution in [0.2, 0.25) is 5.02 Å². The first kappa shape index (κ1) is 14.1. The molecule has 21 heavy (non-hydrogen) atoms. The Morgan fingerprint density at radius 2 is 2.29 bits per heavy atom. The number of rotatable bonds is 2. The first-order valence-corrected chi connectivity index (χ1v) is 7.19. The van der Waals surface area contributed by atoms with Crippen molar-refractivity contribution in [2.24, 2.45) is 0 Å². The van der Waals surface area contributed by atoms with Gasteiger partial charge in [-0.2, -0.15) is 0 Å². The molecule has 2 heterocycles. The van der Waals surface area contributed by atoms with Crippen LogP contribution >= 0.6 is 11.6 Å². The normalized spacial score (nSPS) is 15.0. The summed E-state index contributed by atoms with van der Waals surface area (Å²) in [6.45, 7) is 3.89. The largest absolute Gasteiger partial charge is 0.508 e. The Balaban J connectivity index is 1.82. The molecule has 5 nitrogen and oxygen atoms in total. The number of aromatic hydroxyl groups is 1. The molecule has 0 spiro atoms. The number of nitrogens with zero attached hydrogens (tertiary/aromatic N) is 2. The molecule has 2 aromatic rings. The topological polar surface area (TPSA) is 69.2 Å². The maximum Gasteiger partial charge on any atom is 0.254 e. The van der Waals surface area contributed by atoms with Crippen LogP contribution < -0.4 is 5.56 Å². The van der Waals surface area contributed by atoms with Crippen molar-refractivity contribution in [3.63, 3.8) is 0 Å².